The van der Waals surface area contributed by atoms with Gasteiger partial charge >= 0.3 is 6.03 Å². The minimum atomic E-state index is -0.482. The minimum Gasteiger partial charge on any atom is -0.351 e. The Bertz CT molecular complexity index is 365. The third-order valence-corrected chi connectivity index (χ3v) is 2.40. The lowest BCUT2D eigenvalue weighted by Crippen LogP contribution is -2.43. The highest BCUT2D eigenvalue weighted by atomic mass is 19.1. The van der Waals surface area contributed by atoms with Gasteiger partial charge in [-0.1, -0.05) is 12.1 Å². The SMILES string of the molecule is CC(N)CN(CCc1ccc(F)cc1)C(N)=O. The fraction of sp³-hybridized carbons (Fsp3) is 0.417. The zero-order valence-electron chi connectivity index (χ0n) is 9.90. The molecule has 0 saturated carbocycles. The van der Waals surface area contributed by atoms with Gasteiger partial charge in [-0.05, 0) is 31.0 Å². The second kappa shape index (κ2) is 6.20. The molecule has 94 valence electrons. The molecular formula is C12H18FN3O. The average molecular weight is 239 g/mol. The van der Waals surface area contributed by atoms with Crippen LogP contribution in [0.2, 0.25) is 0 Å². The summed E-state index contributed by atoms with van der Waals surface area (Å²) in [4.78, 5) is 12.6. The summed E-state index contributed by atoms with van der Waals surface area (Å²) in [6, 6.07) is 5.59. The molecule has 0 aliphatic rings. The highest BCUT2D eigenvalue weighted by Crippen LogP contribution is 2.04. The molecule has 0 aromatic heterocycles. The van der Waals surface area contributed by atoms with Crippen LogP contribution in [-0.2, 0) is 6.42 Å². The molecule has 4 N–H and O–H groups in total. The quantitative estimate of drug-likeness (QED) is 0.807. The van der Waals surface area contributed by atoms with Crippen LogP contribution in [0, 0.1) is 5.82 Å². The predicted molar refractivity (Wildman–Crippen MR) is 64.9 cm³/mol. The Kier molecular flexibility index (Phi) is 4.90. The summed E-state index contributed by atoms with van der Waals surface area (Å²) in [5.74, 6) is -0.268. The van der Waals surface area contributed by atoms with Crippen LogP contribution in [0.5, 0.6) is 0 Å². The first kappa shape index (κ1) is 13.4. The van der Waals surface area contributed by atoms with Gasteiger partial charge in [0.1, 0.15) is 5.82 Å². The first-order chi connectivity index (χ1) is 7.99. The van der Waals surface area contributed by atoms with E-state index in [9.17, 15) is 9.18 Å². The summed E-state index contributed by atoms with van der Waals surface area (Å²) >= 11 is 0. The van der Waals surface area contributed by atoms with Gasteiger partial charge in [0.25, 0.3) is 0 Å². The molecule has 2 amide bonds. The van der Waals surface area contributed by atoms with Crippen LogP contribution < -0.4 is 11.5 Å². The lowest BCUT2D eigenvalue weighted by Gasteiger charge is -2.22. The van der Waals surface area contributed by atoms with E-state index in [0.717, 1.165) is 5.56 Å². The van der Waals surface area contributed by atoms with Crippen molar-refractivity contribution in [2.45, 2.75) is 19.4 Å². The van der Waals surface area contributed by atoms with Crippen molar-refractivity contribution < 1.29 is 9.18 Å². The molecule has 0 saturated heterocycles. The van der Waals surface area contributed by atoms with E-state index >= 15 is 0 Å². The molecule has 0 heterocycles. The van der Waals surface area contributed by atoms with E-state index in [1.165, 1.54) is 17.0 Å². The van der Waals surface area contributed by atoms with Gasteiger partial charge in [-0.15, -0.1) is 0 Å². The number of hydrogen-bond acceptors (Lipinski definition) is 2. The molecule has 17 heavy (non-hydrogen) atoms. The molecule has 4 nitrogen and oxygen atoms in total. The highest BCUT2D eigenvalue weighted by molar-refractivity contribution is 5.72. The van der Waals surface area contributed by atoms with Gasteiger partial charge < -0.3 is 16.4 Å². The molecule has 0 radical (unpaired) electrons. The van der Waals surface area contributed by atoms with Crippen LogP contribution in [0.3, 0.4) is 0 Å². The molecule has 5 heteroatoms. The maximum absolute atomic E-state index is 12.7. The van der Waals surface area contributed by atoms with E-state index in [4.69, 9.17) is 11.5 Å². The van der Waals surface area contributed by atoms with Crippen molar-refractivity contribution in [3.05, 3.63) is 35.6 Å². The summed E-state index contributed by atoms with van der Waals surface area (Å²) in [5.41, 5.74) is 11.8. The Labute approximate surface area is 100 Å². The van der Waals surface area contributed by atoms with Crippen LogP contribution in [0.25, 0.3) is 0 Å². The summed E-state index contributed by atoms with van der Waals surface area (Å²) in [7, 11) is 0. The largest absolute Gasteiger partial charge is 0.351 e. The Hall–Kier alpha value is -1.62. The van der Waals surface area contributed by atoms with E-state index in [1.54, 1.807) is 12.1 Å². The maximum atomic E-state index is 12.7. The van der Waals surface area contributed by atoms with Crippen molar-refractivity contribution in [1.82, 2.24) is 4.90 Å². The molecule has 1 rings (SSSR count). The second-order valence-electron chi connectivity index (χ2n) is 4.14. The van der Waals surface area contributed by atoms with E-state index in [2.05, 4.69) is 0 Å². The number of rotatable bonds is 5. The number of hydrogen-bond donors (Lipinski definition) is 2. The zero-order valence-corrected chi connectivity index (χ0v) is 9.90. The number of urea groups is 1. The fourth-order valence-electron chi connectivity index (χ4n) is 1.55. The van der Waals surface area contributed by atoms with Crippen LogP contribution in [0.4, 0.5) is 9.18 Å². The van der Waals surface area contributed by atoms with Gasteiger partial charge in [0.15, 0.2) is 0 Å². The van der Waals surface area contributed by atoms with E-state index in [1.807, 2.05) is 6.92 Å². The lowest BCUT2D eigenvalue weighted by molar-refractivity contribution is 0.205. The molecule has 1 aromatic rings. The summed E-state index contributed by atoms with van der Waals surface area (Å²) < 4.78 is 12.7. The Morgan fingerprint density at radius 2 is 2.00 bits per heavy atom. The number of amides is 2. The zero-order chi connectivity index (χ0) is 12.8. The molecule has 1 unspecified atom stereocenters. The summed E-state index contributed by atoms with van der Waals surface area (Å²) in [6.45, 7) is 2.73. The number of halogens is 1. The molecular weight excluding hydrogens is 221 g/mol. The van der Waals surface area contributed by atoms with Crippen LogP contribution in [0.1, 0.15) is 12.5 Å². The second-order valence-corrected chi connectivity index (χ2v) is 4.14. The Balaban J connectivity index is 2.51. The van der Waals surface area contributed by atoms with Crippen molar-refractivity contribution in [3.8, 4) is 0 Å². The third-order valence-electron chi connectivity index (χ3n) is 2.40. The average Bonchev–Trinajstić information content (AvgIpc) is 2.25. The van der Waals surface area contributed by atoms with Gasteiger partial charge in [0, 0.05) is 19.1 Å². The van der Waals surface area contributed by atoms with Crippen LogP contribution in [-0.4, -0.2) is 30.1 Å². The Morgan fingerprint density at radius 3 is 2.47 bits per heavy atom. The predicted octanol–water partition coefficient (Wildman–Crippen LogP) is 1.10. The molecule has 0 spiro atoms. The van der Waals surface area contributed by atoms with Gasteiger partial charge in [0.2, 0.25) is 0 Å². The standard InChI is InChI=1S/C12H18FN3O/c1-9(14)8-16(12(15)17)7-6-10-2-4-11(13)5-3-10/h2-5,9H,6-8,14H2,1H3,(H2,15,17). The van der Waals surface area contributed by atoms with Crippen molar-refractivity contribution in [2.75, 3.05) is 13.1 Å². The lowest BCUT2D eigenvalue weighted by atomic mass is 10.1. The van der Waals surface area contributed by atoms with Crippen LogP contribution >= 0.6 is 0 Å². The molecule has 1 atom stereocenters. The van der Waals surface area contributed by atoms with Crippen LogP contribution in [0.15, 0.2) is 24.3 Å². The summed E-state index contributed by atoms with van der Waals surface area (Å²) in [6.07, 6.45) is 0.635. The number of nitrogens with two attached hydrogens (primary N) is 2. The third kappa shape index (κ3) is 4.82. The smallest absolute Gasteiger partial charge is 0.314 e. The first-order valence-corrected chi connectivity index (χ1v) is 5.53. The van der Waals surface area contributed by atoms with Crippen molar-refractivity contribution in [3.63, 3.8) is 0 Å². The van der Waals surface area contributed by atoms with E-state index in [-0.39, 0.29) is 11.9 Å². The number of nitrogens with zero attached hydrogens (tertiary/aromatic N) is 1. The number of carbonyl (C=O) groups excluding carboxylic acids is 1. The maximum Gasteiger partial charge on any atom is 0.314 e. The van der Waals surface area contributed by atoms with Gasteiger partial charge in [-0.25, -0.2) is 9.18 Å². The van der Waals surface area contributed by atoms with E-state index in [0.29, 0.717) is 19.5 Å². The van der Waals surface area contributed by atoms with Gasteiger partial charge in [0.05, 0.1) is 0 Å². The molecule has 1 aromatic carbocycles. The molecule has 0 bridgehead atoms. The van der Waals surface area contributed by atoms with Crippen molar-refractivity contribution in [2.24, 2.45) is 11.5 Å². The van der Waals surface area contributed by atoms with Crippen molar-refractivity contribution in [1.29, 1.82) is 0 Å². The topological polar surface area (TPSA) is 72.3 Å². The molecule has 0 aliphatic carbocycles. The molecule has 0 aliphatic heterocycles. The minimum absolute atomic E-state index is 0.115. The molecule has 0 fully saturated rings. The van der Waals surface area contributed by atoms with Gasteiger partial charge in [-0.2, -0.15) is 0 Å². The van der Waals surface area contributed by atoms with Crippen molar-refractivity contribution >= 4 is 6.03 Å². The number of carbonyl (C=O) groups is 1. The highest BCUT2D eigenvalue weighted by Gasteiger charge is 2.11. The number of benzene rings is 1. The normalized spacial score (nSPS) is 12.2. The Morgan fingerprint density at radius 1 is 1.41 bits per heavy atom. The fourth-order valence-corrected chi connectivity index (χ4v) is 1.55. The summed E-state index contributed by atoms with van der Waals surface area (Å²) in [5, 5.41) is 0. The first-order valence-electron chi connectivity index (χ1n) is 5.53. The van der Waals surface area contributed by atoms with E-state index < -0.39 is 6.03 Å². The van der Waals surface area contributed by atoms with Gasteiger partial charge in [-0.3, -0.25) is 0 Å². The number of primary amides is 1. The monoisotopic (exact) mass is 239 g/mol.